The molecule has 0 heterocycles. The van der Waals surface area contributed by atoms with E-state index in [1.165, 1.54) is 23.1 Å². The monoisotopic (exact) mass is 470 g/mol. The van der Waals surface area contributed by atoms with Crippen molar-refractivity contribution in [2.24, 2.45) is 0 Å². The van der Waals surface area contributed by atoms with E-state index in [1.807, 2.05) is 0 Å². The summed E-state index contributed by atoms with van der Waals surface area (Å²) >= 11 is 12.4. The first kappa shape index (κ1) is 22.9. The SMILES string of the molecule is CN(C(=O)CN(c1cccc(Cl)c1Cl)S(=O)(=O)c1ccccc1)C1CCCCC1O. The number of sulfonamides is 1. The number of hydrogen-bond acceptors (Lipinski definition) is 4. The molecule has 0 aliphatic heterocycles. The number of anilines is 1. The van der Waals surface area contributed by atoms with Crippen LogP contribution in [0.2, 0.25) is 10.0 Å². The number of nitrogens with zero attached hydrogens (tertiary/aromatic N) is 2. The zero-order valence-corrected chi connectivity index (χ0v) is 18.9. The Labute approximate surface area is 187 Å². The highest BCUT2D eigenvalue weighted by Gasteiger charge is 2.34. The highest BCUT2D eigenvalue weighted by molar-refractivity contribution is 7.92. The number of aliphatic hydroxyl groups is 1. The average molecular weight is 471 g/mol. The topological polar surface area (TPSA) is 77.9 Å². The quantitative estimate of drug-likeness (QED) is 0.692. The molecule has 0 spiro atoms. The Morgan fingerprint density at radius 2 is 1.73 bits per heavy atom. The van der Waals surface area contributed by atoms with Gasteiger partial charge in [-0.15, -0.1) is 0 Å². The van der Waals surface area contributed by atoms with E-state index in [-0.39, 0.29) is 26.7 Å². The molecule has 30 heavy (non-hydrogen) atoms. The van der Waals surface area contributed by atoms with Crippen LogP contribution in [0.25, 0.3) is 0 Å². The van der Waals surface area contributed by atoms with Gasteiger partial charge in [-0.25, -0.2) is 8.42 Å². The van der Waals surface area contributed by atoms with Gasteiger partial charge in [0.15, 0.2) is 0 Å². The molecule has 1 amide bonds. The Morgan fingerprint density at radius 1 is 1.07 bits per heavy atom. The van der Waals surface area contributed by atoms with Crippen LogP contribution in [0.3, 0.4) is 0 Å². The summed E-state index contributed by atoms with van der Waals surface area (Å²) in [5.74, 6) is -0.434. The van der Waals surface area contributed by atoms with Crippen molar-refractivity contribution in [3.05, 3.63) is 58.6 Å². The number of carbonyl (C=O) groups is 1. The van der Waals surface area contributed by atoms with Crippen LogP contribution in [0.1, 0.15) is 25.7 Å². The Kier molecular flexibility index (Phi) is 7.29. The molecule has 1 aliphatic rings. The van der Waals surface area contributed by atoms with Crippen molar-refractivity contribution in [1.82, 2.24) is 4.90 Å². The second kappa shape index (κ2) is 9.56. The van der Waals surface area contributed by atoms with E-state index in [1.54, 1.807) is 37.4 Å². The van der Waals surface area contributed by atoms with Crippen LogP contribution in [0, 0.1) is 0 Å². The second-order valence-electron chi connectivity index (χ2n) is 7.32. The maximum absolute atomic E-state index is 13.4. The summed E-state index contributed by atoms with van der Waals surface area (Å²) in [5.41, 5.74) is 0.124. The molecule has 2 aromatic carbocycles. The van der Waals surface area contributed by atoms with Crippen molar-refractivity contribution < 1.29 is 18.3 Å². The zero-order valence-electron chi connectivity index (χ0n) is 16.5. The summed E-state index contributed by atoms with van der Waals surface area (Å²) in [6, 6.07) is 12.1. The number of amides is 1. The standard InChI is InChI=1S/C21H24Cl2N2O4S/c1-24(17-11-5-6-13-19(17)26)20(27)14-25(18-12-7-10-16(22)21(18)23)30(28,29)15-8-3-2-4-9-15/h2-4,7-10,12,17,19,26H,5-6,11,13-14H2,1H3. The van der Waals surface area contributed by atoms with Crippen molar-refractivity contribution >= 4 is 44.8 Å². The van der Waals surface area contributed by atoms with E-state index in [4.69, 9.17) is 23.2 Å². The van der Waals surface area contributed by atoms with Gasteiger partial charge in [-0.05, 0) is 37.1 Å². The lowest BCUT2D eigenvalue weighted by Crippen LogP contribution is -2.50. The van der Waals surface area contributed by atoms with Crippen molar-refractivity contribution in [3.8, 4) is 0 Å². The Hall–Kier alpha value is -1.80. The molecule has 0 saturated heterocycles. The minimum absolute atomic E-state index is 0.0363. The Morgan fingerprint density at radius 3 is 2.40 bits per heavy atom. The minimum Gasteiger partial charge on any atom is -0.391 e. The van der Waals surface area contributed by atoms with Gasteiger partial charge in [0.05, 0.1) is 32.8 Å². The molecule has 2 unspecified atom stereocenters. The molecule has 1 saturated carbocycles. The van der Waals surface area contributed by atoms with Gasteiger partial charge in [-0.1, -0.05) is 60.3 Å². The van der Waals surface area contributed by atoms with Crippen LogP contribution in [-0.2, 0) is 14.8 Å². The molecule has 1 fully saturated rings. The molecule has 0 bridgehead atoms. The lowest BCUT2D eigenvalue weighted by atomic mass is 9.91. The molecular weight excluding hydrogens is 447 g/mol. The van der Waals surface area contributed by atoms with Crippen LogP contribution in [0.15, 0.2) is 53.4 Å². The lowest BCUT2D eigenvalue weighted by molar-refractivity contribution is -0.133. The van der Waals surface area contributed by atoms with Crippen LogP contribution < -0.4 is 4.31 Å². The van der Waals surface area contributed by atoms with E-state index in [9.17, 15) is 18.3 Å². The van der Waals surface area contributed by atoms with Gasteiger partial charge in [-0.3, -0.25) is 9.10 Å². The number of benzene rings is 2. The van der Waals surface area contributed by atoms with E-state index >= 15 is 0 Å². The van der Waals surface area contributed by atoms with Crippen molar-refractivity contribution in [3.63, 3.8) is 0 Å². The molecular formula is C21H24Cl2N2O4S. The third-order valence-corrected chi connectivity index (χ3v) is 7.98. The fourth-order valence-electron chi connectivity index (χ4n) is 3.67. The molecule has 3 rings (SSSR count). The van der Waals surface area contributed by atoms with Gasteiger partial charge in [0.2, 0.25) is 5.91 Å². The van der Waals surface area contributed by atoms with Crippen LogP contribution in [-0.4, -0.2) is 50.1 Å². The maximum Gasteiger partial charge on any atom is 0.264 e. The van der Waals surface area contributed by atoms with Crippen LogP contribution in [0.4, 0.5) is 5.69 Å². The summed E-state index contributed by atoms with van der Waals surface area (Å²) in [5, 5.41) is 10.5. The predicted octanol–water partition coefficient (Wildman–Crippen LogP) is 3.95. The largest absolute Gasteiger partial charge is 0.391 e. The van der Waals surface area contributed by atoms with Gasteiger partial charge in [0.25, 0.3) is 10.0 Å². The maximum atomic E-state index is 13.4. The van der Waals surface area contributed by atoms with Crippen molar-refractivity contribution in [2.45, 2.75) is 42.7 Å². The number of carbonyl (C=O) groups excluding carboxylic acids is 1. The number of likely N-dealkylation sites (N-methyl/N-ethyl adjacent to an activating group) is 1. The third kappa shape index (κ3) is 4.75. The van der Waals surface area contributed by atoms with E-state index in [0.717, 1.165) is 17.1 Å². The van der Waals surface area contributed by atoms with E-state index in [2.05, 4.69) is 0 Å². The first-order valence-electron chi connectivity index (χ1n) is 9.69. The summed E-state index contributed by atoms with van der Waals surface area (Å²) in [6.07, 6.45) is 2.49. The van der Waals surface area contributed by atoms with Gasteiger partial charge in [-0.2, -0.15) is 0 Å². The summed E-state index contributed by atoms with van der Waals surface area (Å²) < 4.78 is 27.8. The van der Waals surface area contributed by atoms with Gasteiger partial charge in [0.1, 0.15) is 6.54 Å². The van der Waals surface area contributed by atoms with E-state index in [0.29, 0.717) is 12.8 Å². The van der Waals surface area contributed by atoms with E-state index < -0.39 is 28.6 Å². The Balaban J connectivity index is 1.98. The van der Waals surface area contributed by atoms with Gasteiger partial charge >= 0.3 is 0 Å². The molecule has 2 aromatic rings. The first-order valence-corrected chi connectivity index (χ1v) is 11.9. The summed E-state index contributed by atoms with van der Waals surface area (Å²) in [4.78, 5) is 14.6. The van der Waals surface area contributed by atoms with Crippen molar-refractivity contribution in [1.29, 1.82) is 0 Å². The zero-order chi connectivity index (χ0) is 21.9. The number of hydrogen-bond donors (Lipinski definition) is 1. The molecule has 9 heteroatoms. The lowest BCUT2D eigenvalue weighted by Gasteiger charge is -2.36. The molecule has 1 N–H and O–H groups in total. The fraction of sp³-hybridized carbons (Fsp3) is 0.381. The van der Waals surface area contributed by atoms with Gasteiger partial charge < -0.3 is 10.0 Å². The number of rotatable bonds is 6. The van der Waals surface area contributed by atoms with Gasteiger partial charge in [0, 0.05) is 7.05 Å². The summed E-state index contributed by atoms with van der Waals surface area (Å²) in [6.45, 7) is -0.461. The predicted molar refractivity (Wildman–Crippen MR) is 118 cm³/mol. The minimum atomic E-state index is -4.09. The fourth-order valence-corrected chi connectivity index (χ4v) is 5.56. The number of halogens is 2. The first-order chi connectivity index (χ1) is 14.2. The molecule has 162 valence electrons. The highest BCUT2D eigenvalue weighted by atomic mass is 35.5. The molecule has 0 aromatic heterocycles. The van der Waals surface area contributed by atoms with Crippen LogP contribution in [0.5, 0.6) is 0 Å². The number of aliphatic hydroxyl groups excluding tert-OH is 1. The normalized spacial score (nSPS) is 19.3. The summed E-state index contributed by atoms with van der Waals surface area (Å²) in [7, 11) is -2.49. The smallest absolute Gasteiger partial charge is 0.264 e. The van der Waals surface area contributed by atoms with Crippen molar-refractivity contribution in [2.75, 3.05) is 17.9 Å². The molecule has 1 aliphatic carbocycles. The van der Waals surface area contributed by atoms with Crippen LogP contribution >= 0.6 is 23.2 Å². The molecule has 6 nitrogen and oxygen atoms in total. The average Bonchev–Trinajstić information content (AvgIpc) is 2.74. The highest BCUT2D eigenvalue weighted by Crippen LogP contribution is 2.35. The Bertz CT molecular complexity index is 1000. The second-order valence-corrected chi connectivity index (χ2v) is 9.97. The third-order valence-electron chi connectivity index (χ3n) is 5.39. The molecule has 2 atom stereocenters. The molecule has 0 radical (unpaired) electrons.